The van der Waals surface area contributed by atoms with Gasteiger partial charge in [-0.2, -0.15) is 0 Å². The summed E-state index contributed by atoms with van der Waals surface area (Å²) in [5.74, 6) is -0.0245. The molecule has 1 aliphatic heterocycles. The summed E-state index contributed by atoms with van der Waals surface area (Å²) in [6.45, 7) is 3.18. The molecule has 5 heteroatoms. The highest BCUT2D eigenvalue weighted by Gasteiger charge is 2.23. The third-order valence-electron chi connectivity index (χ3n) is 3.69. The smallest absolute Gasteiger partial charge is 0.335 e. The molecule has 0 amide bonds. The van der Waals surface area contributed by atoms with Crippen LogP contribution < -0.4 is 4.90 Å². The van der Waals surface area contributed by atoms with Crippen molar-refractivity contribution in [3.05, 3.63) is 30.1 Å². The second-order valence-corrected chi connectivity index (χ2v) is 4.92. The van der Waals surface area contributed by atoms with Crippen LogP contribution >= 0.6 is 0 Å². The lowest BCUT2D eigenvalue weighted by molar-refractivity contribution is 0.0697. The van der Waals surface area contributed by atoms with Gasteiger partial charge in [-0.3, -0.25) is 0 Å². The zero-order chi connectivity index (χ0) is 13.4. The molecular formula is C14H15N3O2. The molecule has 1 aliphatic rings. The number of benzene rings is 1. The van der Waals surface area contributed by atoms with E-state index in [0.29, 0.717) is 11.6 Å². The Hall–Kier alpha value is -2.17. The van der Waals surface area contributed by atoms with Crippen LogP contribution in [0.5, 0.6) is 0 Å². The average molecular weight is 257 g/mol. The number of carbonyl (C=O) groups is 1. The summed E-state index contributed by atoms with van der Waals surface area (Å²) in [6, 6.07) is 5.48. The number of aromatic carboxylic acids is 1. The number of aromatic nitrogens is 2. The predicted octanol–water partition coefficient (Wildman–Crippen LogP) is 2.32. The lowest BCUT2D eigenvalue weighted by atomic mass is 10.1. The highest BCUT2D eigenvalue weighted by molar-refractivity contribution is 5.96. The third-order valence-corrected chi connectivity index (χ3v) is 3.69. The molecule has 1 aromatic carbocycles. The van der Waals surface area contributed by atoms with Crippen molar-refractivity contribution in [2.24, 2.45) is 0 Å². The van der Waals surface area contributed by atoms with Gasteiger partial charge in [-0.05, 0) is 38.0 Å². The lowest BCUT2D eigenvalue weighted by Crippen LogP contribution is -2.27. The summed E-state index contributed by atoms with van der Waals surface area (Å²) in [5.41, 5.74) is 0.940. The van der Waals surface area contributed by atoms with Crippen molar-refractivity contribution in [3.63, 3.8) is 0 Å². The Balaban J connectivity index is 2.13. The van der Waals surface area contributed by atoms with Crippen LogP contribution in [0.2, 0.25) is 0 Å². The van der Waals surface area contributed by atoms with Crippen molar-refractivity contribution in [2.75, 3.05) is 11.4 Å². The zero-order valence-corrected chi connectivity index (χ0v) is 10.7. The summed E-state index contributed by atoms with van der Waals surface area (Å²) in [4.78, 5) is 21.8. The molecule has 0 saturated carbocycles. The zero-order valence-electron chi connectivity index (χ0n) is 10.7. The van der Waals surface area contributed by atoms with Crippen LogP contribution in [0.15, 0.2) is 24.5 Å². The number of hydrogen-bond acceptors (Lipinski definition) is 4. The molecule has 5 nitrogen and oxygen atoms in total. The molecule has 1 saturated heterocycles. The van der Waals surface area contributed by atoms with E-state index in [9.17, 15) is 4.79 Å². The Labute approximate surface area is 110 Å². The van der Waals surface area contributed by atoms with Crippen molar-refractivity contribution < 1.29 is 9.90 Å². The highest BCUT2D eigenvalue weighted by Crippen LogP contribution is 2.29. The van der Waals surface area contributed by atoms with E-state index < -0.39 is 5.97 Å². The number of rotatable bonds is 2. The summed E-state index contributed by atoms with van der Waals surface area (Å²) < 4.78 is 0. The monoisotopic (exact) mass is 257 g/mol. The topological polar surface area (TPSA) is 66.3 Å². The van der Waals surface area contributed by atoms with Gasteiger partial charge in [-0.15, -0.1) is 0 Å². The van der Waals surface area contributed by atoms with Crippen LogP contribution in [0.3, 0.4) is 0 Å². The van der Waals surface area contributed by atoms with E-state index in [1.807, 2.05) is 0 Å². The Morgan fingerprint density at radius 2 is 2.26 bits per heavy atom. The molecule has 19 heavy (non-hydrogen) atoms. The molecule has 3 rings (SSSR count). The first-order valence-corrected chi connectivity index (χ1v) is 6.41. The van der Waals surface area contributed by atoms with Crippen LogP contribution in [-0.2, 0) is 0 Å². The number of fused-ring (bicyclic) bond motifs is 1. The maximum atomic E-state index is 11.0. The Bertz CT molecular complexity index is 642. The number of hydrogen-bond donors (Lipinski definition) is 1. The molecule has 2 aromatic rings. The molecule has 98 valence electrons. The van der Waals surface area contributed by atoms with Crippen molar-refractivity contribution >= 4 is 22.7 Å². The molecule has 1 N–H and O–H groups in total. The normalized spacial score (nSPS) is 19.0. The first-order valence-electron chi connectivity index (χ1n) is 6.41. The van der Waals surface area contributed by atoms with Gasteiger partial charge in [0.25, 0.3) is 0 Å². The molecule has 0 aliphatic carbocycles. The maximum Gasteiger partial charge on any atom is 0.335 e. The lowest BCUT2D eigenvalue weighted by Gasteiger charge is -2.23. The number of nitrogens with zero attached hydrogens (tertiary/aromatic N) is 3. The Morgan fingerprint density at radius 3 is 2.95 bits per heavy atom. The van der Waals surface area contributed by atoms with Gasteiger partial charge in [0.1, 0.15) is 12.1 Å². The van der Waals surface area contributed by atoms with Gasteiger partial charge in [0.2, 0.25) is 0 Å². The SMILES string of the molecule is CC1CCCN1c1ncnc2cc(C(=O)O)ccc12. The predicted molar refractivity (Wildman–Crippen MR) is 72.5 cm³/mol. The number of carboxylic acids is 1. The van der Waals surface area contributed by atoms with Crippen LogP contribution in [-0.4, -0.2) is 33.6 Å². The van der Waals surface area contributed by atoms with E-state index in [-0.39, 0.29) is 5.56 Å². The number of carboxylic acid groups (broad SMARTS) is 1. The second-order valence-electron chi connectivity index (χ2n) is 4.92. The molecular weight excluding hydrogens is 242 g/mol. The van der Waals surface area contributed by atoms with Crippen LogP contribution in [0.4, 0.5) is 5.82 Å². The van der Waals surface area contributed by atoms with E-state index in [4.69, 9.17) is 5.11 Å². The van der Waals surface area contributed by atoms with Crippen LogP contribution in [0.25, 0.3) is 10.9 Å². The molecule has 1 fully saturated rings. The fraction of sp³-hybridized carbons (Fsp3) is 0.357. The first-order chi connectivity index (χ1) is 9.16. The minimum Gasteiger partial charge on any atom is -0.478 e. The minimum atomic E-state index is -0.934. The summed E-state index contributed by atoms with van der Waals surface area (Å²) in [5, 5.41) is 9.93. The van der Waals surface area contributed by atoms with Crippen molar-refractivity contribution in [1.82, 2.24) is 9.97 Å². The highest BCUT2D eigenvalue weighted by atomic mass is 16.4. The van der Waals surface area contributed by atoms with Gasteiger partial charge >= 0.3 is 5.97 Å². The second kappa shape index (κ2) is 4.50. The van der Waals surface area contributed by atoms with Gasteiger partial charge in [0.05, 0.1) is 11.1 Å². The minimum absolute atomic E-state index is 0.256. The maximum absolute atomic E-state index is 11.0. The van der Waals surface area contributed by atoms with Gasteiger partial charge < -0.3 is 10.0 Å². The molecule has 0 radical (unpaired) electrons. The van der Waals surface area contributed by atoms with E-state index in [1.165, 1.54) is 19.2 Å². The Kier molecular flexibility index (Phi) is 2.81. The summed E-state index contributed by atoms with van der Waals surface area (Å²) >= 11 is 0. The van der Waals surface area contributed by atoms with E-state index in [2.05, 4.69) is 21.8 Å². The van der Waals surface area contributed by atoms with E-state index in [0.717, 1.165) is 17.7 Å². The number of anilines is 1. The van der Waals surface area contributed by atoms with Crippen molar-refractivity contribution in [2.45, 2.75) is 25.8 Å². The van der Waals surface area contributed by atoms with Crippen LogP contribution in [0.1, 0.15) is 30.1 Å². The molecule has 1 unspecified atom stereocenters. The van der Waals surface area contributed by atoms with Gasteiger partial charge in [0, 0.05) is 18.0 Å². The van der Waals surface area contributed by atoms with E-state index in [1.54, 1.807) is 18.2 Å². The van der Waals surface area contributed by atoms with Gasteiger partial charge in [-0.25, -0.2) is 14.8 Å². The summed E-state index contributed by atoms with van der Waals surface area (Å²) in [6.07, 6.45) is 3.84. The average Bonchev–Trinajstić information content (AvgIpc) is 2.83. The first kappa shape index (κ1) is 11.9. The fourth-order valence-electron chi connectivity index (χ4n) is 2.65. The Morgan fingerprint density at radius 1 is 1.42 bits per heavy atom. The largest absolute Gasteiger partial charge is 0.478 e. The van der Waals surface area contributed by atoms with E-state index >= 15 is 0 Å². The molecule has 1 atom stereocenters. The fourth-order valence-corrected chi connectivity index (χ4v) is 2.65. The summed E-state index contributed by atoms with van der Waals surface area (Å²) in [7, 11) is 0. The molecule has 0 spiro atoms. The standard InChI is InChI=1S/C14H15N3O2/c1-9-3-2-6-17(9)13-11-5-4-10(14(18)19)7-12(11)15-8-16-13/h4-5,7-9H,2-3,6H2,1H3,(H,18,19). The quantitative estimate of drug-likeness (QED) is 0.894. The van der Waals surface area contributed by atoms with Crippen LogP contribution in [0, 0.1) is 0 Å². The molecule has 0 bridgehead atoms. The molecule has 2 heterocycles. The van der Waals surface area contributed by atoms with Crippen molar-refractivity contribution in [3.8, 4) is 0 Å². The van der Waals surface area contributed by atoms with Gasteiger partial charge in [0.15, 0.2) is 0 Å². The molecule has 1 aromatic heterocycles. The third kappa shape index (κ3) is 2.01. The van der Waals surface area contributed by atoms with Crippen molar-refractivity contribution in [1.29, 1.82) is 0 Å². The van der Waals surface area contributed by atoms with Gasteiger partial charge in [-0.1, -0.05) is 0 Å².